The van der Waals surface area contributed by atoms with Crippen LogP contribution in [0.4, 0.5) is 0 Å². The van der Waals surface area contributed by atoms with Crippen LogP contribution in [-0.2, 0) is 27.2 Å². The first-order valence-electron chi connectivity index (χ1n) is 10.2. The van der Waals surface area contributed by atoms with E-state index in [0.717, 1.165) is 0 Å². The third-order valence-electron chi connectivity index (χ3n) is 3.61. The quantitative estimate of drug-likeness (QED) is 0.469. The lowest BCUT2D eigenvalue weighted by atomic mass is 10.1. The first-order chi connectivity index (χ1) is 12.3. The number of hydrogen-bond donors (Lipinski definition) is 0. The van der Waals surface area contributed by atoms with Crippen molar-refractivity contribution < 1.29 is 27.2 Å². The maximum atomic E-state index is 13.0. The average Bonchev–Trinajstić information content (AvgIpc) is 2.68. The summed E-state index contributed by atoms with van der Waals surface area (Å²) in [6.45, 7) is 25.6. The number of rotatable bonds is 9. The lowest BCUT2D eigenvalue weighted by Gasteiger charge is -2.34. The van der Waals surface area contributed by atoms with Gasteiger partial charge in [0.05, 0.1) is 6.61 Å². The molecular weight excluding hydrogens is 425 g/mol. The second kappa shape index (κ2) is 9.12. The zero-order valence-corrected chi connectivity index (χ0v) is 24.0. The van der Waals surface area contributed by atoms with Crippen LogP contribution in [0.1, 0.15) is 0 Å². The minimum atomic E-state index is -2.05. The highest BCUT2D eigenvalue weighted by Crippen LogP contribution is 2.33. The van der Waals surface area contributed by atoms with Crippen LogP contribution in [0.15, 0.2) is 0 Å². The van der Waals surface area contributed by atoms with E-state index < -0.39 is 45.5 Å². The van der Waals surface area contributed by atoms with Crippen LogP contribution in [0, 0.1) is 0 Å². The average molecular weight is 467 g/mol. The van der Waals surface area contributed by atoms with Gasteiger partial charge >= 0.3 is 5.97 Å². The third kappa shape index (κ3) is 9.79. The van der Waals surface area contributed by atoms with Gasteiger partial charge in [0.2, 0.25) is 8.32 Å². The molecule has 0 aliphatic carbocycles. The van der Waals surface area contributed by atoms with E-state index in [1.54, 1.807) is 0 Å². The lowest BCUT2D eigenvalue weighted by molar-refractivity contribution is -0.151. The van der Waals surface area contributed by atoms with E-state index in [2.05, 4.69) is 58.9 Å². The fraction of sp³-hybridized carbons (Fsp3) is 0.944. The highest BCUT2D eigenvalue weighted by Gasteiger charge is 2.53. The van der Waals surface area contributed by atoms with Crippen molar-refractivity contribution >= 4 is 39.2 Å². The summed E-state index contributed by atoms with van der Waals surface area (Å²) in [6, 6.07) is 0. The van der Waals surface area contributed by atoms with Gasteiger partial charge in [-0.05, 0) is 78.6 Å². The standard InChI is InChI=1S/C18H42O6Si4/c1-25(2,3)20-13-14-15(22-26(4,5)6)16(23-27(7,8)9)17(21-14)18(19)24-28(10,11)12/h14-17H,13H2,1-12H3/t14-,15+,16-,17-/m1/s1. The largest absolute Gasteiger partial charge is 0.518 e. The molecule has 0 bridgehead atoms. The second-order valence-corrected chi connectivity index (χ2v) is 29.3. The predicted octanol–water partition coefficient (Wildman–Crippen LogP) is 4.42. The maximum absolute atomic E-state index is 13.0. The fourth-order valence-electron chi connectivity index (χ4n) is 2.83. The summed E-state index contributed by atoms with van der Waals surface area (Å²) < 4.78 is 31.1. The molecule has 0 aromatic rings. The molecule has 0 unspecified atom stereocenters. The van der Waals surface area contributed by atoms with Crippen molar-refractivity contribution in [2.75, 3.05) is 6.61 Å². The van der Waals surface area contributed by atoms with Crippen molar-refractivity contribution in [2.45, 2.75) is 103 Å². The van der Waals surface area contributed by atoms with Crippen LogP contribution in [-0.4, -0.2) is 70.3 Å². The van der Waals surface area contributed by atoms with E-state index in [1.807, 2.05) is 19.6 Å². The highest BCUT2D eigenvalue weighted by molar-refractivity contribution is 6.71. The van der Waals surface area contributed by atoms with Crippen LogP contribution >= 0.6 is 0 Å². The van der Waals surface area contributed by atoms with Crippen LogP contribution in [0.3, 0.4) is 0 Å². The monoisotopic (exact) mass is 466 g/mol. The minimum Gasteiger partial charge on any atom is -0.518 e. The molecule has 0 aromatic heterocycles. The number of hydrogen-bond acceptors (Lipinski definition) is 6. The first-order valence-corrected chi connectivity index (χ1v) is 23.8. The van der Waals surface area contributed by atoms with Gasteiger partial charge < -0.3 is 22.4 Å². The Hall–Kier alpha value is 0.178. The van der Waals surface area contributed by atoms with Gasteiger partial charge in [-0.2, -0.15) is 0 Å². The van der Waals surface area contributed by atoms with Crippen molar-refractivity contribution in [3.05, 3.63) is 0 Å². The van der Waals surface area contributed by atoms with Gasteiger partial charge in [0.1, 0.15) is 18.3 Å². The zero-order chi connectivity index (χ0) is 22.1. The summed E-state index contributed by atoms with van der Waals surface area (Å²) in [5.74, 6) is -0.331. The van der Waals surface area contributed by atoms with Gasteiger partial charge in [-0.3, -0.25) is 4.79 Å². The molecule has 28 heavy (non-hydrogen) atoms. The molecule has 166 valence electrons. The topological polar surface area (TPSA) is 63.2 Å². The molecule has 6 nitrogen and oxygen atoms in total. The van der Waals surface area contributed by atoms with Gasteiger partial charge in [0, 0.05) is 0 Å². The normalized spacial score (nSPS) is 27.1. The van der Waals surface area contributed by atoms with E-state index in [0.29, 0.717) is 6.61 Å². The third-order valence-corrected chi connectivity index (χ3v) is 7.41. The Balaban J connectivity index is 3.19. The van der Waals surface area contributed by atoms with E-state index in [1.165, 1.54) is 0 Å². The Morgan fingerprint density at radius 2 is 1.18 bits per heavy atom. The smallest absolute Gasteiger partial charge is 0.324 e. The zero-order valence-electron chi connectivity index (χ0n) is 20.0. The van der Waals surface area contributed by atoms with Crippen molar-refractivity contribution in [1.82, 2.24) is 0 Å². The summed E-state index contributed by atoms with van der Waals surface area (Å²) in [6.07, 6.45) is -1.89. The van der Waals surface area contributed by atoms with Gasteiger partial charge in [-0.25, -0.2) is 0 Å². The Morgan fingerprint density at radius 1 is 0.714 bits per heavy atom. The second-order valence-electron chi connectivity index (χ2n) is 11.4. The first kappa shape index (κ1) is 26.2. The molecule has 1 rings (SSSR count). The van der Waals surface area contributed by atoms with E-state index >= 15 is 0 Å². The molecule has 4 atom stereocenters. The van der Waals surface area contributed by atoms with Crippen LogP contribution in [0.5, 0.6) is 0 Å². The molecular formula is C18H42O6Si4. The number of ether oxygens (including phenoxy) is 1. The van der Waals surface area contributed by atoms with Crippen molar-refractivity contribution in [3.63, 3.8) is 0 Å². The molecule has 0 N–H and O–H groups in total. The van der Waals surface area contributed by atoms with Gasteiger partial charge in [-0.1, -0.05) is 0 Å². The van der Waals surface area contributed by atoms with Crippen molar-refractivity contribution in [3.8, 4) is 0 Å². The molecule has 1 heterocycles. The molecule has 0 amide bonds. The van der Waals surface area contributed by atoms with Crippen molar-refractivity contribution in [1.29, 1.82) is 0 Å². The Kier molecular flexibility index (Phi) is 8.54. The fourth-order valence-corrected chi connectivity index (χ4v) is 6.39. The van der Waals surface area contributed by atoms with Gasteiger partial charge in [0.15, 0.2) is 31.1 Å². The predicted molar refractivity (Wildman–Crippen MR) is 124 cm³/mol. The Labute approximate surface area is 176 Å². The highest BCUT2D eigenvalue weighted by atomic mass is 28.4. The molecule has 1 saturated heterocycles. The van der Waals surface area contributed by atoms with Gasteiger partial charge in [-0.15, -0.1) is 0 Å². The minimum absolute atomic E-state index is 0.325. The number of carbonyl (C=O) groups is 1. The van der Waals surface area contributed by atoms with Crippen LogP contribution < -0.4 is 0 Å². The van der Waals surface area contributed by atoms with Crippen LogP contribution in [0.2, 0.25) is 78.6 Å². The van der Waals surface area contributed by atoms with Crippen molar-refractivity contribution in [2.24, 2.45) is 0 Å². The summed E-state index contributed by atoms with van der Waals surface area (Å²) in [4.78, 5) is 13.0. The molecule has 0 saturated carbocycles. The lowest BCUT2D eigenvalue weighted by Crippen LogP contribution is -2.51. The molecule has 1 aliphatic rings. The summed E-state index contributed by atoms with van der Waals surface area (Å²) >= 11 is 0. The summed E-state index contributed by atoms with van der Waals surface area (Å²) in [5.41, 5.74) is 0. The summed E-state index contributed by atoms with van der Waals surface area (Å²) in [5, 5.41) is 0. The Bertz CT molecular complexity index is 530. The molecule has 0 radical (unpaired) electrons. The van der Waals surface area contributed by atoms with Gasteiger partial charge in [0.25, 0.3) is 0 Å². The van der Waals surface area contributed by atoms with E-state index in [-0.39, 0.29) is 18.2 Å². The molecule has 0 spiro atoms. The molecule has 1 fully saturated rings. The Morgan fingerprint density at radius 3 is 1.57 bits per heavy atom. The number of carbonyl (C=O) groups excluding carboxylic acids is 1. The van der Waals surface area contributed by atoms with E-state index in [9.17, 15) is 4.79 Å². The van der Waals surface area contributed by atoms with E-state index in [4.69, 9.17) is 22.4 Å². The SMILES string of the molecule is C[Si](C)(C)OC[C@H]1O[C@@H](C(=O)O[Si](C)(C)C)[C@H](O[Si](C)(C)C)[C@H]1O[Si](C)(C)C. The molecule has 1 aliphatic heterocycles. The van der Waals surface area contributed by atoms with Crippen LogP contribution in [0.25, 0.3) is 0 Å². The maximum Gasteiger partial charge on any atom is 0.324 e. The molecule has 0 aromatic carbocycles. The summed E-state index contributed by atoms with van der Waals surface area (Å²) in [7, 11) is -7.63. The molecule has 10 heteroatoms.